The van der Waals surface area contributed by atoms with Gasteiger partial charge in [0, 0.05) is 6.04 Å². The van der Waals surface area contributed by atoms with Gasteiger partial charge in [-0.3, -0.25) is 4.79 Å². The number of carbonyl (C=O) groups excluding carboxylic acids is 1. The smallest absolute Gasteiger partial charge is 0.237 e. The predicted molar refractivity (Wildman–Crippen MR) is 68.5 cm³/mol. The number of rotatable bonds is 5. The lowest BCUT2D eigenvalue weighted by molar-refractivity contribution is -0.123. The molecule has 1 aliphatic rings. The molecule has 1 fully saturated rings. The molecule has 0 aliphatic heterocycles. The molecule has 17 heavy (non-hydrogen) atoms. The van der Waals surface area contributed by atoms with Gasteiger partial charge in [-0.2, -0.15) is 0 Å². The first kappa shape index (κ1) is 12.1. The Bertz CT molecular complexity index is 360. The average Bonchev–Trinajstić information content (AvgIpc) is 2.32. The molecule has 1 amide bonds. The lowest BCUT2D eigenvalue weighted by atomic mass is 9.92. The van der Waals surface area contributed by atoms with E-state index in [0.29, 0.717) is 12.5 Å². The molecule has 1 aliphatic carbocycles. The van der Waals surface area contributed by atoms with Crippen LogP contribution in [0.3, 0.4) is 0 Å². The Kier molecular flexibility index (Phi) is 4.15. The minimum atomic E-state index is -0.379. The van der Waals surface area contributed by atoms with Gasteiger partial charge >= 0.3 is 0 Å². The van der Waals surface area contributed by atoms with E-state index in [2.05, 4.69) is 17.4 Å². The summed E-state index contributed by atoms with van der Waals surface area (Å²) in [5.74, 6) is 0.00521. The molecule has 1 atom stereocenters. The minimum Gasteiger partial charge on any atom is -0.352 e. The van der Waals surface area contributed by atoms with Gasteiger partial charge < -0.3 is 11.1 Å². The van der Waals surface area contributed by atoms with Crippen molar-refractivity contribution in [3.05, 3.63) is 35.9 Å². The van der Waals surface area contributed by atoms with E-state index >= 15 is 0 Å². The van der Waals surface area contributed by atoms with Crippen LogP contribution in [0.1, 0.15) is 31.2 Å². The molecule has 0 aromatic heterocycles. The van der Waals surface area contributed by atoms with E-state index in [4.69, 9.17) is 5.73 Å². The van der Waals surface area contributed by atoms with Crippen molar-refractivity contribution in [2.45, 2.75) is 44.2 Å². The van der Waals surface area contributed by atoms with Crippen LogP contribution >= 0.6 is 0 Å². The predicted octanol–water partition coefficient (Wildman–Crippen LogP) is 1.62. The molecule has 2 rings (SSSR count). The van der Waals surface area contributed by atoms with Gasteiger partial charge in [0.2, 0.25) is 5.91 Å². The van der Waals surface area contributed by atoms with Crippen molar-refractivity contribution in [3.8, 4) is 0 Å². The molecule has 92 valence electrons. The Morgan fingerprint density at radius 3 is 2.65 bits per heavy atom. The number of hydrogen-bond acceptors (Lipinski definition) is 2. The van der Waals surface area contributed by atoms with E-state index < -0.39 is 0 Å². The molecule has 0 spiro atoms. The number of benzene rings is 1. The fourth-order valence-electron chi connectivity index (χ4n) is 1.96. The Labute approximate surface area is 102 Å². The summed E-state index contributed by atoms with van der Waals surface area (Å²) >= 11 is 0. The maximum atomic E-state index is 11.7. The zero-order valence-electron chi connectivity index (χ0n) is 10.1. The summed E-state index contributed by atoms with van der Waals surface area (Å²) in [6.07, 6.45) is 5.02. The topological polar surface area (TPSA) is 55.1 Å². The van der Waals surface area contributed by atoms with Crippen LogP contribution in [-0.4, -0.2) is 18.0 Å². The highest BCUT2D eigenvalue weighted by atomic mass is 16.2. The summed E-state index contributed by atoms with van der Waals surface area (Å²) in [7, 11) is 0. The zero-order chi connectivity index (χ0) is 12.1. The van der Waals surface area contributed by atoms with Crippen molar-refractivity contribution in [1.82, 2.24) is 5.32 Å². The molecule has 3 N–H and O–H groups in total. The molecule has 1 unspecified atom stereocenters. The lowest BCUT2D eigenvalue weighted by Crippen LogP contribution is -2.47. The number of nitrogens with two attached hydrogens (primary N) is 1. The van der Waals surface area contributed by atoms with E-state index in [9.17, 15) is 4.79 Å². The minimum absolute atomic E-state index is 0.00521. The summed E-state index contributed by atoms with van der Waals surface area (Å²) in [5, 5.41) is 2.99. The van der Waals surface area contributed by atoms with Gasteiger partial charge in [-0.25, -0.2) is 0 Å². The summed E-state index contributed by atoms with van der Waals surface area (Å²) < 4.78 is 0. The third-order valence-corrected chi connectivity index (χ3v) is 3.38. The maximum absolute atomic E-state index is 11.7. The second kappa shape index (κ2) is 5.82. The zero-order valence-corrected chi connectivity index (χ0v) is 10.1. The largest absolute Gasteiger partial charge is 0.352 e. The second-order valence-corrected chi connectivity index (χ2v) is 4.77. The maximum Gasteiger partial charge on any atom is 0.237 e. The summed E-state index contributed by atoms with van der Waals surface area (Å²) in [4.78, 5) is 11.7. The van der Waals surface area contributed by atoms with Gasteiger partial charge in [0.1, 0.15) is 0 Å². The Morgan fingerprint density at radius 1 is 1.35 bits per heavy atom. The number of carbonyl (C=O) groups is 1. The standard InChI is InChI=1S/C14H20N2O/c15-13(14(17)16-12-7-4-8-12)10-9-11-5-2-1-3-6-11/h1-3,5-6,12-13H,4,7-10,15H2,(H,16,17). The van der Waals surface area contributed by atoms with E-state index in [-0.39, 0.29) is 11.9 Å². The molecular weight excluding hydrogens is 212 g/mol. The van der Waals surface area contributed by atoms with Crippen molar-refractivity contribution in [2.75, 3.05) is 0 Å². The number of nitrogens with one attached hydrogen (secondary N) is 1. The molecule has 3 nitrogen and oxygen atoms in total. The molecule has 1 aromatic carbocycles. The van der Waals surface area contributed by atoms with E-state index in [1.165, 1.54) is 12.0 Å². The van der Waals surface area contributed by atoms with Crippen molar-refractivity contribution in [2.24, 2.45) is 5.73 Å². The van der Waals surface area contributed by atoms with Crippen LogP contribution in [0.5, 0.6) is 0 Å². The van der Waals surface area contributed by atoms with Crippen LogP contribution in [0, 0.1) is 0 Å². The Hall–Kier alpha value is -1.35. The number of hydrogen-bond donors (Lipinski definition) is 2. The highest BCUT2D eigenvalue weighted by Gasteiger charge is 2.22. The third-order valence-electron chi connectivity index (χ3n) is 3.38. The molecular formula is C14H20N2O. The molecule has 3 heteroatoms. The van der Waals surface area contributed by atoms with Crippen LogP contribution in [0.2, 0.25) is 0 Å². The lowest BCUT2D eigenvalue weighted by Gasteiger charge is -2.27. The monoisotopic (exact) mass is 232 g/mol. The van der Waals surface area contributed by atoms with Gasteiger partial charge in [-0.15, -0.1) is 0 Å². The fraction of sp³-hybridized carbons (Fsp3) is 0.500. The van der Waals surface area contributed by atoms with Crippen LogP contribution in [0.15, 0.2) is 30.3 Å². The fourth-order valence-corrected chi connectivity index (χ4v) is 1.96. The van der Waals surface area contributed by atoms with Crippen molar-refractivity contribution in [1.29, 1.82) is 0 Å². The number of aryl methyl sites for hydroxylation is 1. The normalized spacial score (nSPS) is 17.2. The van der Waals surface area contributed by atoms with Crippen molar-refractivity contribution in [3.63, 3.8) is 0 Å². The average molecular weight is 232 g/mol. The summed E-state index contributed by atoms with van der Waals surface area (Å²) in [5.41, 5.74) is 7.12. The van der Waals surface area contributed by atoms with Gasteiger partial charge in [0.25, 0.3) is 0 Å². The quantitative estimate of drug-likeness (QED) is 0.810. The number of amides is 1. The molecule has 1 saturated carbocycles. The first-order chi connectivity index (χ1) is 8.25. The van der Waals surface area contributed by atoms with Gasteiger partial charge in [-0.05, 0) is 37.7 Å². The van der Waals surface area contributed by atoms with Gasteiger partial charge in [0.05, 0.1) is 6.04 Å². The first-order valence-electron chi connectivity index (χ1n) is 6.35. The Morgan fingerprint density at radius 2 is 2.06 bits per heavy atom. The molecule has 0 saturated heterocycles. The molecule has 0 radical (unpaired) electrons. The highest BCUT2D eigenvalue weighted by molar-refractivity contribution is 5.81. The molecule has 0 bridgehead atoms. The van der Waals surface area contributed by atoms with Crippen molar-refractivity contribution < 1.29 is 4.79 Å². The second-order valence-electron chi connectivity index (χ2n) is 4.77. The van der Waals surface area contributed by atoms with Gasteiger partial charge in [-0.1, -0.05) is 30.3 Å². The van der Waals surface area contributed by atoms with Crippen LogP contribution in [0.4, 0.5) is 0 Å². The third kappa shape index (κ3) is 3.56. The molecule has 0 heterocycles. The van der Waals surface area contributed by atoms with Crippen LogP contribution in [0.25, 0.3) is 0 Å². The highest BCUT2D eigenvalue weighted by Crippen LogP contribution is 2.18. The van der Waals surface area contributed by atoms with E-state index in [1.807, 2.05) is 18.2 Å². The van der Waals surface area contributed by atoms with Crippen molar-refractivity contribution >= 4 is 5.91 Å². The SMILES string of the molecule is NC(CCc1ccccc1)C(=O)NC1CCC1. The first-order valence-corrected chi connectivity index (χ1v) is 6.35. The van der Waals surface area contributed by atoms with Gasteiger partial charge in [0.15, 0.2) is 0 Å². The van der Waals surface area contributed by atoms with Crippen LogP contribution < -0.4 is 11.1 Å². The van der Waals surface area contributed by atoms with Crippen LogP contribution in [-0.2, 0) is 11.2 Å². The van der Waals surface area contributed by atoms with E-state index in [0.717, 1.165) is 19.3 Å². The Balaban J connectivity index is 1.72. The van der Waals surface area contributed by atoms with E-state index in [1.54, 1.807) is 0 Å². The summed E-state index contributed by atoms with van der Waals surface area (Å²) in [6.45, 7) is 0. The summed E-state index contributed by atoms with van der Waals surface area (Å²) in [6, 6.07) is 10.1. The molecule has 1 aromatic rings.